The van der Waals surface area contributed by atoms with Gasteiger partial charge in [0.25, 0.3) is 5.91 Å². The van der Waals surface area contributed by atoms with Gasteiger partial charge in [0.1, 0.15) is 22.2 Å². The lowest BCUT2D eigenvalue weighted by atomic mass is 9.87. The zero-order valence-electron chi connectivity index (χ0n) is 14.3. The van der Waals surface area contributed by atoms with E-state index in [0.29, 0.717) is 10.8 Å². The van der Waals surface area contributed by atoms with Gasteiger partial charge in [0.2, 0.25) is 0 Å². The zero-order chi connectivity index (χ0) is 18.7. The van der Waals surface area contributed by atoms with Gasteiger partial charge in [-0.05, 0) is 48.9 Å². The van der Waals surface area contributed by atoms with Gasteiger partial charge in [-0.15, -0.1) is 11.3 Å². The van der Waals surface area contributed by atoms with Crippen LogP contribution >= 0.6 is 11.3 Å². The first kappa shape index (κ1) is 18.5. The summed E-state index contributed by atoms with van der Waals surface area (Å²) in [7, 11) is 0. The Hall–Kier alpha value is -2.28. The minimum Gasteiger partial charge on any atom is -0.451 e. The van der Waals surface area contributed by atoms with Gasteiger partial charge >= 0.3 is 5.97 Å². The SMILES string of the molecule is CC[C@H]1CCc2sc(C(=O)OCC(=O)Nc3c(F)cccc3F)cc2C1. The molecule has 0 saturated carbocycles. The number of fused-ring (bicyclic) bond motifs is 1. The number of benzene rings is 1. The predicted octanol–water partition coefficient (Wildman–Crippen LogP) is 4.34. The molecule has 0 saturated heterocycles. The van der Waals surface area contributed by atoms with Crippen LogP contribution in [0, 0.1) is 17.6 Å². The predicted molar refractivity (Wildman–Crippen MR) is 95.4 cm³/mol. The first-order valence-corrected chi connectivity index (χ1v) is 9.32. The lowest BCUT2D eigenvalue weighted by molar-refractivity contribution is -0.119. The molecule has 1 atom stereocenters. The highest BCUT2D eigenvalue weighted by atomic mass is 32.1. The summed E-state index contributed by atoms with van der Waals surface area (Å²) in [4.78, 5) is 25.6. The number of ether oxygens (including phenoxy) is 1. The smallest absolute Gasteiger partial charge is 0.348 e. The molecule has 1 aliphatic rings. The summed E-state index contributed by atoms with van der Waals surface area (Å²) < 4.78 is 32.0. The van der Waals surface area contributed by atoms with Crippen LogP contribution < -0.4 is 5.32 Å². The Balaban J connectivity index is 1.57. The van der Waals surface area contributed by atoms with Crippen LogP contribution in [0.1, 0.15) is 39.9 Å². The second-order valence-electron chi connectivity index (χ2n) is 6.30. The third-order valence-electron chi connectivity index (χ3n) is 4.52. The van der Waals surface area contributed by atoms with E-state index in [4.69, 9.17) is 4.74 Å². The molecule has 3 rings (SSSR count). The number of halogens is 2. The zero-order valence-corrected chi connectivity index (χ0v) is 15.1. The van der Waals surface area contributed by atoms with Crippen LogP contribution in [0.3, 0.4) is 0 Å². The van der Waals surface area contributed by atoms with Crippen molar-refractivity contribution in [3.05, 3.63) is 51.2 Å². The number of hydrogen-bond donors (Lipinski definition) is 1. The number of rotatable bonds is 5. The number of para-hydroxylation sites is 1. The third-order valence-corrected chi connectivity index (χ3v) is 5.74. The summed E-state index contributed by atoms with van der Waals surface area (Å²) in [5, 5.41) is 2.08. The van der Waals surface area contributed by atoms with Crippen molar-refractivity contribution < 1.29 is 23.1 Å². The van der Waals surface area contributed by atoms with E-state index in [1.165, 1.54) is 27.8 Å². The third kappa shape index (κ3) is 4.09. The fourth-order valence-electron chi connectivity index (χ4n) is 3.04. The van der Waals surface area contributed by atoms with Crippen molar-refractivity contribution in [2.45, 2.75) is 32.6 Å². The molecule has 0 unspecified atom stereocenters. The molecular formula is C19H19F2NO3S. The average Bonchev–Trinajstić information content (AvgIpc) is 3.06. The lowest BCUT2D eigenvalue weighted by Gasteiger charge is -2.19. The van der Waals surface area contributed by atoms with E-state index < -0.39 is 35.8 Å². The van der Waals surface area contributed by atoms with Crippen LogP contribution in [0.2, 0.25) is 0 Å². The Bertz CT molecular complexity index is 814. The van der Waals surface area contributed by atoms with E-state index in [2.05, 4.69) is 12.2 Å². The van der Waals surface area contributed by atoms with Crippen molar-refractivity contribution in [2.24, 2.45) is 5.92 Å². The monoisotopic (exact) mass is 379 g/mol. The summed E-state index contributed by atoms with van der Waals surface area (Å²) in [6, 6.07) is 5.09. The molecule has 0 radical (unpaired) electrons. The second-order valence-corrected chi connectivity index (χ2v) is 7.43. The fourth-order valence-corrected chi connectivity index (χ4v) is 4.15. The molecular weight excluding hydrogens is 360 g/mol. The van der Waals surface area contributed by atoms with Gasteiger partial charge in [-0.3, -0.25) is 4.79 Å². The molecule has 0 aliphatic heterocycles. The summed E-state index contributed by atoms with van der Waals surface area (Å²) in [6.45, 7) is 1.56. The molecule has 2 aromatic rings. The maximum absolute atomic E-state index is 13.5. The summed E-state index contributed by atoms with van der Waals surface area (Å²) in [5.41, 5.74) is 0.628. The molecule has 0 bridgehead atoms. The van der Waals surface area contributed by atoms with Gasteiger partial charge in [0, 0.05) is 4.88 Å². The molecule has 0 fully saturated rings. The molecule has 1 amide bonds. The van der Waals surface area contributed by atoms with Crippen LogP contribution in [0.25, 0.3) is 0 Å². The number of carbonyl (C=O) groups is 2. The van der Waals surface area contributed by atoms with Gasteiger partial charge in [0.05, 0.1) is 0 Å². The van der Waals surface area contributed by atoms with Gasteiger partial charge < -0.3 is 10.1 Å². The molecule has 7 heteroatoms. The number of amides is 1. The fraction of sp³-hybridized carbons (Fsp3) is 0.368. The molecule has 1 aromatic heterocycles. The minimum absolute atomic E-state index is 0.455. The Kier molecular flexibility index (Phi) is 5.66. The van der Waals surface area contributed by atoms with Crippen LogP contribution in [0.15, 0.2) is 24.3 Å². The molecule has 1 N–H and O–H groups in total. The molecule has 1 heterocycles. The average molecular weight is 379 g/mol. The first-order valence-electron chi connectivity index (χ1n) is 8.50. The van der Waals surface area contributed by atoms with Crippen molar-refractivity contribution >= 4 is 28.9 Å². The highest BCUT2D eigenvalue weighted by Gasteiger charge is 2.23. The summed E-state index contributed by atoms with van der Waals surface area (Å²) >= 11 is 1.39. The van der Waals surface area contributed by atoms with E-state index in [1.807, 2.05) is 6.07 Å². The Morgan fingerprint density at radius 1 is 1.31 bits per heavy atom. The van der Waals surface area contributed by atoms with E-state index in [9.17, 15) is 18.4 Å². The highest BCUT2D eigenvalue weighted by Crippen LogP contribution is 2.33. The normalized spacial score (nSPS) is 16.0. The lowest BCUT2D eigenvalue weighted by Crippen LogP contribution is -2.21. The Morgan fingerprint density at radius 2 is 2.04 bits per heavy atom. The molecule has 1 aromatic carbocycles. The standard InChI is InChI=1S/C19H19F2NO3S/c1-2-11-6-7-15-12(8-11)9-16(26-15)19(24)25-10-17(23)22-18-13(20)4-3-5-14(18)21/h3-5,9,11H,2,6-8,10H2,1H3,(H,22,23)/t11-/m0/s1. The Labute approximate surface area is 154 Å². The van der Waals surface area contributed by atoms with Gasteiger partial charge in [-0.2, -0.15) is 0 Å². The minimum atomic E-state index is -0.888. The molecule has 138 valence electrons. The summed E-state index contributed by atoms with van der Waals surface area (Å²) in [6.07, 6.45) is 4.15. The van der Waals surface area contributed by atoms with Crippen LogP contribution in [0.4, 0.5) is 14.5 Å². The van der Waals surface area contributed by atoms with Gasteiger partial charge in [-0.25, -0.2) is 13.6 Å². The number of hydrogen-bond acceptors (Lipinski definition) is 4. The van der Waals surface area contributed by atoms with Crippen LogP contribution in [-0.2, 0) is 22.4 Å². The topological polar surface area (TPSA) is 55.4 Å². The van der Waals surface area contributed by atoms with Crippen molar-refractivity contribution in [2.75, 3.05) is 11.9 Å². The number of aryl methyl sites for hydroxylation is 1. The van der Waals surface area contributed by atoms with E-state index in [0.717, 1.165) is 37.8 Å². The largest absolute Gasteiger partial charge is 0.451 e. The van der Waals surface area contributed by atoms with Crippen molar-refractivity contribution in [1.29, 1.82) is 0 Å². The number of anilines is 1. The molecule has 26 heavy (non-hydrogen) atoms. The Morgan fingerprint density at radius 3 is 2.73 bits per heavy atom. The molecule has 4 nitrogen and oxygen atoms in total. The van der Waals surface area contributed by atoms with Gasteiger partial charge in [0.15, 0.2) is 6.61 Å². The molecule has 0 spiro atoms. The van der Waals surface area contributed by atoms with E-state index in [1.54, 1.807) is 0 Å². The van der Waals surface area contributed by atoms with Crippen molar-refractivity contribution in [3.8, 4) is 0 Å². The van der Waals surface area contributed by atoms with Gasteiger partial charge in [-0.1, -0.05) is 19.4 Å². The van der Waals surface area contributed by atoms with Crippen molar-refractivity contribution in [3.63, 3.8) is 0 Å². The number of carbonyl (C=O) groups excluding carboxylic acids is 2. The maximum atomic E-state index is 13.5. The second kappa shape index (κ2) is 7.95. The van der Waals surface area contributed by atoms with E-state index in [-0.39, 0.29) is 0 Å². The number of nitrogens with one attached hydrogen (secondary N) is 1. The number of thiophene rings is 1. The molecule has 1 aliphatic carbocycles. The summed E-state index contributed by atoms with van der Waals surface area (Å²) in [5.74, 6) is -2.53. The van der Waals surface area contributed by atoms with Crippen LogP contribution in [-0.4, -0.2) is 18.5 Å². The number of esters is 1. The van der Waals surface area contributed by atoms with E-state index >= 15 is 0 Å². The van der Waals surface area contributed by atoms with Crippen LogP contribution in [0.5, 0.6) is 0 Å². The maximum Gasteiger partial charge on any atom is 0.348 e. The first-order chi connectivity index (χ1) is 12.5. The van der Waals surface area contributed by atoms with Crippen molar-refractivity contribution in [1.82, 2.24) is 0 Å². The quantitative estimate of drug-likeness (QED) is 0.787. The highest BCUT2D eigenvalue weighted by molar-refractivity contribution is 7.14.